The highest BCUT2D eigenvalue weighted by atomic mass is 16.1. The summed E-state index contributed by atoms with van der Waals surface area (Å²) in [5.41, 5.74) is 0. The molecule has 1 amide bonds. The van der Waals surface area contributed by atoms with Gasteiger partial charge in [-0.25, -0.2) is 0 Å². The molecule has 1 saturated heterocycles. The normalized spacial score (nSPS) is 35.8. The second kappa shape index (κ2) is 3.46. The van der Waals surface area contributed by atoms with Crippen LogP contribution in [-0.4, -0.2) is 23.9 Å². The molecule has 1 aliphatic heterocycles. The number of amides is 1. The lowest BCUT2D eigenvalue weighted by atomic mass is 9.78. The molecule has 2 rings (SSSR count). The first kappa shape index (κ1) is 8.09. The van der Waals surface area contributed by atoms with E-state index in [4.69, 9.17) is 0 Å². The molecule has 68 valence electrons. The van der Waals surface area contributed by atoms with Crippen molar-refractivity contribution in [3.05, 3.63) is 0 Å². The molecule has 0 bridgehead atoms. The van der Waals surface area contributed by atoms with E-state index in [2.05, 4.69) is 0 Å². The number of likely N-dealkylation sites (tertiary alicyclic amines) is 1. The Kier molecular flexibility index (Phi) is 2.33. The predicted molar refractivity (Wildman–Crippen MR) is 47.8 cm³/mol. The maximum atomic E-state index is 10.7. The van der Waals surface area contributed by atoms with E-state index >= 15 is 0 Å². The smallest absolute Gasteiger partial charge is 0.209 e. The van der Waals surface area contributed by atoms with Crippen LogP contribution >= 0.6 is 0 Å². The standard InChI is InChI=1S/C10H17NO/c12-8-11-7-3-5-9-4-1-2-6-10(9)11/h8-10H,1-7H2. The van der Waals surface area contributed by atoms with Gasteiger partial charge in [0.25, 0.3) is 0 Å². The van der Waals surface area contributed by atoms with E-state index in [1.807, 2.05) is 4.90 Å². The van der Waals surface area contributed by atoms with Gasteiger partial charge in [0.1, 0.15) is 0 Å². The molecular weight excluding hydrogens is 150 g/mol. The number of rotatable bonds is 1. The maximum Gasteiger partial charge on any atom is 0.209 e. The number of piperidine rings is 1. The van der Waals surface area contributed by atoms with Crippen molar-refractivity contribution in [1.82, 2.24) is 4.90 Å². The third-order valence-corrected chi connectivity index (χ3v) is 3.42. The molecule has 12 heavy (non-hydrogen) atoms. The third kappa shape index (κ3) is 1.35. The second-order valence-corrected chi connectivity index (χ2v) is 4.10. The molecule has 1 aliphatic carbocycles. The summed E-state index contributed by atoms with van der Waals surface area (Å²) in [5, 5.41) is 0. The molecule has 0 radical (unpaired) electrons. The largest absolute Gasteiger partial charge is 0.342 e. The fraction of sp³-hybridized carbons (Fsp3) is 0.900. The Hall–Kier alpha value is -0.530. The van der Waals surface area contributed by atoms with Crippen LogP contribution in [0.25, 0.3) is 0 Å². The summed E-state index contributed by atoms with van der Waals surface area (Å²) in [5.74, 6) is 0.831. The summed E-state index contributed by atoms with van der Waals surface area (Å²) in [7, 11) is 0. The molecule has 2 heteroatoms. The highest BCUT2D eigenvalue weighted by Gasteiger charge is 2.32. The molecule has 2 unspecified atom stereocenters. The number of hydrogen-bond donors (Lipinski definition) is 0. The van der Waals surface area contributed by atoms with Crippen molar-refractivity contribution in [3.63, 3.8) is 0 Å². The van der Waals surface area contributed by atoms with Crippen LogP contribution in [-0.2, 0) is 4.79 Å². The van der Waals surface area contributed by atoms with Gasteiger partial charge >= 0.3 is 0 Å². The molecule has 2 aliphatic rings. The van der Waals surface area contributed by atoms with E-state index < -0.39 is 0 Å². The van der Waals surface area contributed by atoms with Gasteiger partial charge in [-0.05, 0) is 31.6 Å². The Morgan fingerprint density at radius 3 is 2.67 bits per heavy atom. The van der Waals surface area contributed by atoms with Crippen LogP contribution in [0.4, 0.5) is 0 Å². The fourth-order valence-corrected chi connectivity index (χ4v) is 2.79. The van der Waals surface area contributed by atoms with E-state index in [0.29, 0.717) is 6.04 Å². The number of carbonyl (C=O) groups excluding carboxylic acids is 1. The van der Waals surface area contributed by atoms with Crippen LogP contribution in [0.3, 0.4) is 0 Å². The minimum absolute atomic E-state index is 0.602. The highest BCUT2D eigenvalue weighted by molar-refractivity contribution is 5.48. The van der Waals surface area contributed by atoms with Gasteiger partial charge in [-0.3, -0.25) is 4.79 Å². The minimum Gasteiger partial charge on any atom is -0.342 e. The van der Waals surface area contributed by atoms with Crippen LogP contribution in [0.1, 0.15) is 38.5 Å². The molecule has 1 heterocycles. The third-order valence-electron chi connectivity index (χ3n) is 3.42. The SMILES string of the molecule is O=CN1CCCC2CCCCC21. The summed E-state index contributed by atoms with van der Waals surface area (Å²) in [6, 6.07) is 0.602. The summed E-state index contributed by atoms with van der Waals surface area (Å²) in [6.07, 6.45) is 8.95. The lowest BCUT2D eigenvalue weighted by molar-refractivity contribution is -0.123. The predicted octanol–water partition coefficient (Wildman–Crippen LogP) is 1.80. The minimum atomic E-state index is 0.602. The van der Waals surface area contributed by atoms with Gasteiger partial charge in [-0.2, -0.15) is 0 Å². The van der Waals surface area contributed by atoms with Crippen LogP contribution in [0, 0.1) is 5.92 Å². The van der Waals surface area contributed by atoms with Crippen LogP contribution < -0.4 is 0 Å². The number of nitrogens with zero attached hydrogens (tertiary/aromatic N) is 1. The Morgan fingerprint density at radius 2 is 1.83 bits per heavy atom. The number of fused-ring (bicyclic) bond motifs is 1. The molecular formula is C10H17NO. The first-order chi connectivity index (χ1) is 5.92. The molecule has 2 nitrogen and oxygen atoms in total. The van der Waals surface area contributed by atoms with Gasteiger partial charge in [-0.1, -0.05) is 12.8 Å². The molecule has 0 aromatic heterocycles. The Labute approximate surface area is 73.9 Å². The molecule has 0 aromatic rings. The van der Waals surface area contributed by atoms with Gasteiger partial charge in [0.05, 0.1) is 0 Å². The van der Waals surface area contributed by atoms with Crippen molar-refractivity contribution in [3.8, 4) is 0 Å². The van der Waals surface area contributed by atoms with Crippen LogP contribution in [0.2, 0.25) is 0 Å². The first-order valence-corrected chi connectivity index (χ1v) is 5.13. The van der Waals surface area contributed by atoms with Crippen LogP contribution in [0.15, 0.2) is 0 Å². The summed E-state index contributed by atoms with van der Waals surface area (Å²) < 4.78 is 0. The molecule has 2 atom stereocenters. The summed E-state index contributed by atoms with van der Waals surface area (Å²) in [4.78, 5) is 12.8. The number of carbonyl (C=O) groups is 1. The van der Waals surface area contributed by atoms with Crippen molar-refractivity contribution < 1.29 is 4.79 Å². The topological polar surface area (TPSA) is 20.3 Å². The van der Waals surface area contributed by atoms with Crippen molar-refractivity contribution in [1.29, 1.82) is 0 Å². The van der Waals surface area contributed by atoms with E-state index in [-0.39, 0.29) is 0 Å². The molecule has 1 saturated carbocycles. The van der Waals surface area contributed by atoms with E-state index in [1.165, 1.54) is 38.5 Å². The zero-order chi connectivity index (χ0) is 8.39. The van der Waals surface area contributed by atoms with E-state index in [1.54, 1.807) is 0 Å². The average Bonchev–Trinajstić information content (AvgIpc) is 2.17. The molecule has 0 spiro atoms. The molecule has 2 fully saturated rings. The zero-order valence-corrected chi connectivity index (χ0v) is 7.54. The lowest BCUT2D eigenvalue weighted by Gasteiger charge is -2.42. The van der Waals surface area contributed by atoms with Gasteiger partial charge in [0.15, 0.2) is 0 Å². The van der Waals surface area contributed by atoms with E-state index in [0.717, 1.165) is 18.9 Å². The molecule has 0 N–H and O–H groups in total. The monoisotopic (exact) mass is 167 g/mol. The average molecular weight is 167 g/mol. The van der Waals surface area contributed by atoms with Crippen molar-refractivity contribution in [2.45, 2.75) is 44.6 Å². The van der Waals surface area contributed by atoms with Crippen molar-refractivity contribution in [2.75, 3.05) is 6.54 Å². The summed E-state index contributed by atoms with van der Waals surface area (Å²) >= 11 is 0. The zero-order valence-electron chi connectivity index (χ0n) is 7.54. The highest BCUT2D eigenvalue weighted by Crippen LogP contribution is 2.34. The van der Waals surface area contributed by atoms with E-state index in [9.17, 15) is 4.79 Å². The Bertz CT molecular complexity index is 167. The quantitative estimate of drug-likeness (QED) is 0.545. The molecule has 0 aromatic carbocycles. The Morgan fingerprint density at radius 1 is 1.08 bits per heavy atom. The first-order valence-electron chi connectivity index (χ1n) is 5.13. The number of hydrogen-bond acceptors (Lipinski definition) is 1. The van der Waals surface area contributed by atoms with Crippen LogP contribution in [0.5, 0.6) is 0 Å². The Balaban J connectivity index is 2.03. The van der Waals surface area contributed by atoms with Gasteiger partial charge in [0.2, 0.25) is 6.41 Å². The van der Waals surface area contributed by atoms with Gasteiger partial charge in [-0.15, -0.1) is 0 Å². The lowest BCUT2D eigenvalue weighted by Crippen LogP contribution is -2.45. The summed E-state index contributed by atoms with van der Waals surface area (Å²) in [6.45, 7) is 1.00. The second-order valence-electron chi connectivity index (χ2n) is 4.10. The maximum absolute atomic E-state index is 10.7. The fourth-order valence-electron chi connectivity index (χ4n) is 2.79. The van der Waals surface area contributed by atoms with Gasteiger partial charge in [0, 0.05) is 12.6 Å². The van der Waals surface area contributed by atoms with Crippen molar-refractivity contribution >= 4 is 6.41 Å². The van der Waals surface area contributed by atoms with Gasteiger partial charge < -0.3 is 4.90 Å². The van der Waals surface area contributed by atoms with Crippen molar-refractivity contribution in [2.24, 2.45) is 5.92 Å².